The van der Waals surface area contributed by atoms with Crippen LogP contribution in [0.2, 0.25) is 12.1 Å². The molecule has 0 saturated carbocycles. The molecule has 46 heavy (non-hydrogen) atoms. The first-order chi connectivity index (χ1) is 21.9. The summed E-state index contributed by atoms with van der Waals surface area (Å²) < 4.78 is 34.0. The second kappa shape index (κ2) is 12.0. The maximum Gasteiger partial charge on any atom is 0.430 e. The first kappa shape index (κ1) is 31.5. The van der Waals surface area contributed by atoms with Crippen LogP contribution in [0.15, 0.2) is 65.4 Å². The molecule has 12 heteroatoms. The van der Waals surface area contributed by atoms with E-state index >= 15 is 0 Å². The monoisotopic (exact) mass is 650 g/mol. The Morgan fingerprint density at radius 2 is 1.52 bits per heavy atom. The number of allylic oxidation sites excluding steroid dienone is 5. The van der Waals surface area contributed by atoms with Crippen molar-refractivity contribution in [1.29, 1.82) is 0 Å². The van der Waals surface area contributed by atoms with Crippen molar-refractivity contribution in [1.82, 2.24) is 0 Å². The van der Waals surface area contributed by atoms with Gasteiger partial charge in [-0.05, 0) is 81.5 Å². The average Bonchev–Trinajstić information content (AvgIpc) is 2.96. The van der Waals surface area contributed by atoms with Crippen LogP contribution < -0.4 is 15.2 Å². The van der Waals surface area contributed by atoms with E-state index in [0.717, 1.165) is 42.9 Å². The Labute approximate surface area is 264 Å². The first-order valence-corrected chi connectivity index (χ1v) is 17.9. The zero-order valence-corrected chi connectivity index (χ0v) is 26.0. The minimum Gasteiger partial charge on any atom is -0.542 e. The Hall–Kier alpha value is -4.45. The summed E-state index contributed by atoms with van der Waals surface area (Å²) in [5, 5.41) is 31.5. The number of benzene rings is 2. The molecule has 0 radical (unpaired) electrons. The lowest BCUT2D eigenvalue weighted by molar-refractivity contribution is -0.582. The van der Waals surface area contributed by atoms with Crippen molar-refractivity contribution in [3.63, 3.8) is 0 Å². The van der Waals surface area contributed by atoms with Gasteiger partial charge >= 0.3 is 18.1 Å². The summed E-state index contributed by atoms with van der Waals surface area (Å²) >= 11 is 0. The summed E-state index contributed by atoms with van der Waals surface area (Å²) in [4.78, 5) is 35.5. The predicted octanol–water partition coefficient (Wildman–Crippen LogP) is 4.14. The van der Waals surface area contributed by atoms with Gasteiger partial charge in [0, 0.05) is 30.9 Å². The van der Waals surface area contributed by atoms with Crippen LogP contribution in [0.3, 0.4) is 0 Å². The van der Waals surface area contributed by atoms with E-state index in [0.29, 0.717) is 5.56 Å². The Balaban J connectivity index is 0.000000480. The van der Waals surface area contributed by atoms with Gasteiger partial charge < -0.3 is 25.0 Å². The zero-order chi connectivity index (χ0) is 32.8. The van der Waals surface area contributed by atoms with Gasteiger partial charge in [-0.25, -0.2) is 14.2 Å². The molecule has 0 atom stereocenters. The fraction of sp³-hybridized carbons (Fsp3) is 0.353. The highest BCUT2D eigenvalue weighted by atomic mass is 28.3. The number of fused-ring (bicyclic) bond motifs is 4. The number of carboxylic acid groups (broad SMARTS) is 3. The fourth-order valence-electron chi connectivity index (χ4n) is 7.18. The Morgan fingerprint density at radius 3 is 2.07 bits per heavy atom. The standard InChI is InChI=1S/C32H32N2O4Si.C2HF3O2/c35-31(36)21-6-9-24(27(18-21)32(37)38)30-25-10-7-22(33-12-4-13-33)19-28(25)39(16-2-1-3-17-39)29-20-23(8-11-26(29)30)34-14-5-15-34;3-2(4,5)1(6)7/h6-11,18-20H,1-5,12-17H2,(H-,35,36,37,38);(H,6,7). The van der Waals surface area contributed by atoms with Gasteiger partial charge in [-0.1, -0.05) is 31.4 Å². The number of alkyl halides is 3. The molecule has 240 valence electrons. The van der Waals surface area contributed by atoms with Crippen molar-refractivity contribution < 1.29 is 47.4 Å². The lowest BCUT2D eigenvalue weighted by Gasteiger charge is -2.45. The maximum atomic E-state index is 12.5. The van der Waals surface area contributed by atoms with Crippen LogP contribution in [-0.2, 0) is 4.79 Å². The minimum absolute atomic E-state index is 0.00704. The average molecular weight is 651 g/mol. The summed E-state index contributed by atoms with van der Waals surface area (Å²) in [7, 11) is -2.11. The zero-order valence-electron chi connectivity index (χ0n) is 25.0. The highest BCUT2D eigenvalue weighted by Crippen LogP contribution is 2.48. The Bertz CT molecular complexity index is 1760. The second-order valence-electron chi connectivity index (χ2n) is 12.3. The number of rotatable bonds is 4. The lowest BCUT2D eigenvalue weighted by Crippen LogP contribution is -2.56. The number of carbonyl (C=O) groups is 3. The predicted molar refractivity (Wildman–Crippen MR) is 166 cm³/mol. The third-order valence-corrected chi connectivity index (χ3v) is 15.0. The number of carbonyl (C=O) groups excluding carboxylic acids is 1. The molecule has 4 heterocycles. The van der Waals surface area contributed by atoms with Gasteiger partial charge in [0.25, 0.3) is 0 Å². The number of anilines is 1. The van der Waals surface area contributed by atoms with E-state index in [-0.39, 0.29) is 11.1 Å². The number of aliphatic carboxylic acids is 1. The van der Waals surface area contributed by atoms with Crippen LogP contribution in [-0.4, -0.2) is 78.8 Å². The summed E-state index contributed by atoms with van der Waals surface area (Å²) in [6.45, 7) is 4.33. The van der Waals surface area contributed by atoms with Crippen molar-refractivity contribution in [2.45, 2.75) is 50.4 Å². The molecular formula is C34H33F3N2O6Si. The highest BCUT2D eigenvalue weighted by molar-refractivity contribution is 7.00. The largest absolute Gasteiger partial charge is 0.542 e. The van der Waals surface area contributed by atoms with Crippen molar-refractivity contribution in [2.24, 2.45) is 0 Å². The van der Waals surface area contributed by atoms with Crippen LogP contribution in [0.25, 0.3) is 5.57 Å². The van der Waals surface area contributed by atoms with Gasteiger partial charge in [-0.3, -0.25) is 0 Å². The van der Waals surface area contributed by atoms with Gasteiger partial charge in [-0.2, -0.15) is 13.2 Å². The van der Waals surface area contributed by atoms with E-state index in [2.05, 4.69) is 45.9 Å². The van der Waals surface area contributed by atoms with Crippen LogP contribution in [0.5, 0.6) is 0 Å². The van der Waals surface area contributed by atoms with Crippen LogP contribution in [0, 0.1) is 0 Å². The van der Waals surface area contributed by atoms with Crippen LogP contribution in [0.4, 0.5) is 18.9 Å². The smallest absolute Gasteiger partial charge is 0.430 e. The molecule has 2 aromatic rings. The molecule has 3 saturated heterocycles. The lowest BCUT2D eigenvalue weighted by atomic mass is 9.86. The molecular weight excluding hydrogens is 617 g/mol. The molecule has 0 amide bonds. The number of aromatic carboxylic acids is 2. The summed E-state index contributed by atoms with van der Waals surface area (Å²) in [6, 6.07) is 13.9. The highest BCUT2D eigenvalue weighted by Gasteiger charge is 2.48. The van der Waals surface area contributed by atoms with E-state index in [4.69, 9.17) is 9.90 Å². The van der Waals surface area contributed by atoms with Gasteiger partial charge in [0.15, 0.2) is 5.71 Å². The number of carboxylic acids is 3. The van der Waals surface area contributed by atoms with E-state index in [1.165, 1.54) is 72.0 Å². The first-order valence-electron chi connectivity index (χ1n) is 15.5. The van der Waals surface area contributed by atoms with E-state index in [9.17, 15) is 33.0 Å². The molecule has 0 aromatic heterocycles. The van der Waals surface area contributed by atoms with E-state index in [1.54, 1.807) is 12.1 Å². The number of hydrogen-bond acceptors (Lipinski definition) is 5. The topological polar surface area (TPSA) is 121 Å². The Kier molecular flexibility index (Phi) is 8.26. The molecule has 3 fully saturated rings. The maximum absolute atomic E-state index is 12.5. The quantitative estimate of drug-likeness (QED) is 0.377. The van der Waals surface area contributed by atoms with Crippen LogP contribution in [0.1, 0.15) is 63.9 Å². The molecule has 7 rings (SSSR count). The number of hydrogen-bond donors (Lipinski definition) is 2. The molecule has 5 aliphatic rings. The molecule has 4 aliphatic heterocycles. The SMILES string of the molecule is O=C(O)c1ccc(C2=C3C=CC(=[N+]4CCC4)C=C3[Si]3(CCCCC3)c3cc(N4CCC4)ccc32)c(C(=O)O)c1.O=C([O-])C(F)(F)F. The number of nitrogens with zero attached hydrogens (tertiary/aromatic N) is 2. The summed E-state index contributed by atoms with van der Waals surface area (Å²) in [5.74, 6) is -5.23. The van der Waals surface area contributed by atoms with Crippen LogP contribution >= 0.6 is 0 Å². The molecule has 8 nitrogen and oxygen atoms in total. The van der Waals surface area contributed by atoms with Crippen molar-refractivity contribution >= 4 is 48.1 Å². The summed E-state index contributed by atoms with van der Waals surface area (Å²) in [5.41, 5.74) is 6.41. The van der Waals surface area contributed by atoms with Crippen molar-refractivity contribution in [3.8, 4) is 0 Å². The summed E-state index contributed by atoms with van der Waals surface area (Å²) in [6.07, 6.45) is 7.85. The molecule has 1 spiro atoms. The number of halogens is 3. The molecule has 1 aliphatic carbocycles. The van der Waals surface area contributed by atoms with Gasteiger partial charge in [0.2, 0.25) is 0 Å². The fourth-order valence-corrected chi connectivity index (χ4v) is 12.8. The third kappa shape index (κ3) is 5.59. The van der Waals surface area contributed by atoms with Crippen molar-refractivity contribution in [2.75, 3.05) is 31.1 Å². The molecule has 2 N–H and O–H groups in total. The van der Waals surface area contributed by atoms with Gasteiger partial charge in [-0.15, -0.1) is 0 Å². The minimum atomic E-state index is -5.19. The third-order valence-electron chi connectivity index (χ3n) is 9.72. The van der Waals surface area contributed by atoms with Gasteiger partial charge in [0.1, 0.15) is 27.1 Å². The Morgan fingerprint density at radius 1 is 0.848 bits per heavy atom. The molecule has 0 unspecified atom stereocenters. The molecule has 2 aromatic carbocycles. The van der Waals surface area contributed by atoms with E-state index < -0.39 is 32.2 Å². The van der Waals surface area contributed by atoms with Crippen molar-refractivity contribution in [3.05, 3.63) is 87.6 Å². The van der Waals surface area contributed by atoms with E-state index in [1.807, 2.05) is 0 Å². The normalized spacial score (nSPS) is 19.6. The van der Waals surface area contributed by atoms with Gasteiger partial charge in [0.05, 0.1) is 17.5 Å². The second-order valence-corrected chi connectivity index (χ2v) is 16.6. The molecule has 0 bridgehead atoms.